The smallest absolute Gasteiger partial charge is 0.328 e. The van der Waals surface area contributed by atoms with Gasteiger partial charge in [-0.25, -0.2) is 4.79 Å². The Morgan fingerprint density at radius 1 is 1.12 bits per heavy atom. The van der Waals surface area contributed by atoms with Crippen LogP contribution in [0.3, 0.4) is 0 Å². The van der Waals surface area contributed by atoms with Crippen LogP contribution in [-0.4, -0.2) is 68.6 Å². The number of rotatable bonds is 6. The summed E-state index contributed by atoms with van der Waals surface area (Å²) in [5.41, 5.74) is 0.835. The summed E-state index contributed by atoms with van der Waals surface area (Å²) in [6.07, 6.45) is 3.21. The van der Waals surface area contributed by atoms with Gasteiger partial charge in [0.15, 0.2) is 0 Å². The first kappa shape index (κ1) is 20.4. The highest BCUT2D eigenvalue weighted by atomic mass is 35.5. The maximum absolute atomic E-state index is 13.1. The summed E-state index contributed by atoms with van der Waals surface area (Å²) in [6.45, 7) is 1.69. The number of hydrogen-bond donors (Lipinski definition) is 2. The molecule has 1 aromatic rings. The van der Waals surface area contributed by atoms with Gasteiger partial charge in [-0.05, 0) is 68.8 Å². The lowest BCUT2D eigenvalue weighted by Gasteiger charge is -2.33. The van der Waals surface area contributed by atoms with Gasteiger partial charge >= 0.3 is 6.03 Å². The van der Waals surface area contributed by atoms with Gasteiger partial charge in [-0.15, -0.1) is 0 Å². The molecular weight excluding hydrogens is 432 g/mol. The summed E-state index contributed by atoms with van der Waals surface area (Å²) in [6, 6.07) is 4.29. The van der Waals surface area contributed by atoms with Gasteiger partial charge < -0.3 is 15.0 Å². The average molecular weight is 465 g/mol. The van der Waals surface area contributed by atoms with E-state index in [-0.39, 0.29) is 36.6 Å². The van der Waals surface area contributed by atoms with Crippen molar-refractivity contribution in [2.24, 2.45) is 11.8 Å². The molecule has 8 nitrogen and oxygen atoms in total. The molecule has 3 aliphatic heterocycles. The van der Waals surface area contributed by atoms with Crippen molar-refractivity contribution in [1.29, 1.82) is 0 Å². The molecule has 4 rings (SSSR count). The predicted molar refractivity (Wildman–Crippen MR) is 122 cm³/mol. The zero-order valence-electron chi connectivity index (χ0n) is 20.1. The molecule has 174 valence electrons. The quantitative estimate of drug-likeness (QED) is 0.675. The van der Waals surface area contributed by atoms with Crippen molar-refractivity contribution in [3.8, 4) is 0 Å². The highest BCUT2D eigenvalue weighted by Gasteiger charge is 2.28. The molecule has 3 saturated heterocycles. The molecule has 4 amide bonds. The van der Waals surface area contributed by atoms with E-state index in [2.05, 4.69) is 10.6 Å². The highest BCUT2D eigenvalue weighted by Crippen LogP contribution is 2.29. The van der Waals surface area contributed by atoms with Crippen LogP contribution in [0.1, 0.15) is 45.2 Å². The Morgan fingerprint density at radius 3 is 2.59 bits per heavy atom. The number of likely N-dealkylation sites (tertiary alicyclic amines) is 1. The molecule has 0 aromatic heterocycles. The van der Waals surface area contributed by atoms with E-state index >= 15 is 0 Å². The van der Waals surface area contributed by atoms with Crippen LogP contribution in [0.25, 0.3) is 0 Å². The van der Waals surface area contributed by atoms with Gasteiger partial charge in [-0.1, -0.05) is 11.6 Å². The monoisotopic (exact) mass is 464 g/mol. The van der Waals surface area contributed by atoms with E-state index in [0.29, 0.717) is 36.0 Å². The molecule has 0 unspecified atom stereocenters. The molecule has 0 saturated carbocycles. The van der Waals surface area contributed by atoms with Crippen LogP contribution in [0.15, 0.2) is 18.2 Å². The second kappa shape index (κ2) is 10.6. The molecule has 0 aliphatic carbocycles. The Labute approximate surface area is 196 Å². The topological polar surface area (TPSA) is 91.0 Å². The minimum absolute atomic E-state index is 0.0883. The molecule has 2 N–H and O–H groups in total. The van der Waals surface area contributed by atoms with Gasteiger partial charge in [0.25, 0.3) is 5.91 Å². The van der Waals surface area contributed by atoms with E-state index in [0.717, 1.165) is 38.8 Å². The molecule has 0 bridgehead atoms. The van der Waals surface area contributed by atoms with E-state index in [1.807, 2.05) is 0 Å². The summed E-state index contributed by atoms with van der Waals surface area (Å²) in [5.74, 6) is -0.359. The SMILES string of the molecule is [2H]C([2H])(OCC1CCN(C(=O)c2ccc(Cl)c(N3CCC(=O)NC3=O)c2)CC1)C1CCNCC1. The lowest BCUT2D eigenvalue weighted by Crippen LogP contribution is -2.49. The molecule has 0 radical (unpaired) electrons. The average Bonchev–Trinajstić information content (AvgIpc) is 2.84. The largest absolute Gasteiger partial charge is 0.381 e. The third-order valence-corrected chi connectivity index (χ3v) is 6.67. The second-order valence-electron chi connectivity index (χ2n) is 8.61. The van der Waals surface area contributed by atoms with Gasteiger partial charge in [0.05, 0.1) is 13.5 Å². The standard InChI is InChI=1S/C23H31ClN4O4/c24-19-2-1-18(13-20(19)28-12-7-21(29)26-23(28)31)22(30)27-10-5-17(6-11-27)15-32-14-16-3-8-25-9-4-16/h1-2,13,16-17,25H,3-12,14-15H2,(H,26,29,31)/i14D2. The van der Waals surface area contributed by atoms with E-state index in [1.165, 1.54) is 4.90 Å². The number of hydrogen-bond acceptors (Lipinski definition) is 5. The summed E-state index contributed by atoms with van der Waals surface area (Å²) in [7, 11) is 0. The minimum atomic E-state index is -1.62. The molecule has 9 heteroatoms. The number of nitrogens with zero attached hydrogens (tertiary/aromatic N) is 2. The third-order valence-electron chi connectivity index (χ3n) is 6.35. The van der Waals surface area contributed by atoms with Gasteiger partial charge in [-0.3, -0.25) is 19.8 Å². The summed E-state index contributed by atoms with van der Waals surface area (Å²) in [5, 5.41) is 5.85. The number of imide groups is 1. The normalized spacial score (nSPS) is 22.4. The maximum atomic E-state index is 13.1. The predicted octanol–water partition coefficient (Wildman–Crippen LogP) is 2.65. The second-order valence-corrected chi connectivity index (χ2v) is 9.02. The molecule has 32 heavy (non-hydrogen) atoms. The summed E-state index contributed by atoms with van der Waals surface area (Å²) < 4.78 is 22.3. The molecule has 3 fully saturated rings. The lowest BCUT2D eigenvalue weighted by atomic mass is 9.96. The van der Waals surface area contributed by atoms with Gasteiger partial charge in [0, 0.05) is 44.8 Å². The fourth-order valence-corrected chi connectivity index (χ4v) is 4.57. The van der Waals surface area contributed by atoms with Crippen LogP contribution in [0.2, 0.25) is 5.02 Å². The first-order valence-electron chi connectivity index (χ1n) is 12.3. The zero-order chi connectivity index (χ0) is 24.3. The van der Waals surface area contributed by atoms with Gasteiger partial charge in [-0.2, -0.15) is 0 Å². The number of ether oxygens (including phenoxy) is 1. The number of carbonyl (C=O) groups excluding carboxylic acids is 3. The Hall–Kier alpha value is -2.16. The molecule has 0 spiro atoms. The Morgan fingerprint density at radius 2 is 1.88 bits per heavy atom. The van der Waals surface area contributed by atoms with Crippen LogP contribution in [0, 0.1) is 11.8 Å². The Bertz CT molecular complexity index is 934. The number of nitrogens with one attached hydrogen (secondary N) is 2. The van der Waals surface area contributed by atoms with Crippen molar-refractivity contribution >= 4 is 35.1 Å². The van der Waals surface area contributed by atoms with Crippen molar-refractivity contribution in [1.82, 2.24) is 15.5 Å². The van der Waals surface area contributed by atoms with Crippen molar-refractivity contribution in [2.45, 2.75) is 32.1 Å². The number of benzene rings is 1. The van der Waals surface area contributed by atoms with Crippen LogP contribution in [0.4, 0.5) is 10.5 Å². The van der Waals surface area contributed by atoms with Crippen LogP contribution in [-0.2, 0) is 9.53 Å². The molecular formula is C23H31ClN4O4. The van der Waals surface area contributed by atoms with Crippen LogP contribution in [0.5, 0.6) is 0 Å². The number of amides is 4. The fourth-order valence-electron chi connectivity index (χ4n) is 4.36. The highest BCUT2D eigenvalue weighted by molar-refractivity contribution is 6.34. The number of piperidine rings is 2. The maximum Gasteiger partial charge on any atom is 0.328 e. The van der Waals surface area contributed by atoms with Crippen LogP contribution < -0.4 is 15.5 Å². The van der Waals surface area contributed by atoms with Gasteiger partial charge in [0.2, 0.25) is 5.91 Å². The van der Waals surface area contributed by atoms with E-state index in [9.17, 15) is 14.4 Å². The first-order chi connectivity index (χ1) is 16.2. The van der Waals surface area contributed by atoms with Crippen molar-refractivity contribution in [3.05, 3.63) is 28.8 Å². The summed E-state index contributed by atoms with van der Waals surface area (Å²) in [4.78, 5) is 39.9. The first-order valence-corrected chi connectivity index (χ1v) is 11.7. The van der Waals surface area contributed by atoms with Gasteiger partial charge in [0.1, 0.15) is 0 Å². The van der Waals surface area contributed by atoms with Crippen LogP contribution >= 0.6 is 11.6 Å². The third kappa shape index (κ3) is 5.60. The lowest BCUT2D eigenvalue weighted by molar-refractivity contribution is -0.120. The Balaban J connectivity index is 1.32. The number of anilines is 1. The van der Waals surface area contributed by atoms with E-state index in [4.69, 9.17) is 19.1 Å². The zero-order valence-corrected chi connectivity index (χ0v) is 18.8. The number of urea groups is 1. The van der Waals surface area contributed by atoms with Crippen molar-refractivity contribution < 1.29 is 21.9 Å². The fraction of sp³-hybridized carbons (Fsp3) is 0.609. The van der Waals surface area contributed by atoms with Crippen molar-refractivity contribution in [2.75, 3.05) is 50.8 Å². The number of halogens is 1. The van der Waals surface area contributed by atoms with E-state index < -0.39 is 12.6 Å². The number of carbonyl (C=O) groups is 3. The van der Waals surface area contributed by atoms with Crippen molar-refractivity contribution in [3.63, 3.8) is 0 Å². The molecule has 1 aromatic carbocycles. The molecule has 3 aliphatic rings. The Kier molecular flexibility index (Phi) is 6.80. The summed E-state index contributed by atoms with van der Waals surface area (Å²) >= 11 is 6.29. The molecule has 0 atom stereocenters. The minimum Gasteiger partial charge on any atom is -0.381 e. The van der Waals surface area contributed by atoms with E-state index in [1.54, 1.807) is 23.1 Å². The molecule has 3 heterocycles.